The minimum Gasteiger partial charge on any atom is -0.124 e. The summed E-state index contributed by atoms with van der Waals surface area (Å²) >= 11 is 7.61. The second-order valence-electron chi connectivity index (χ2n) is 2.55. The Morgan fingerprint density at radius 3 is 2.00 bits per heavy atom. The molecule has 0 N–H and O–H groups in total. The average molecular weight is 196 g/mol. The van der Waals surface area contributed by atoms with E-state index in [1.165, 1.54) is 11.9 Å². The Morgan fingerprint density at radius 1 is 1.40 bits per heavy atom. The molecule has 0 aliphatic heterocycles. The van der Waals surface area contributed by atoms with Gasteiger partial charge in [0, 0.05) is 5.24 Å². The molecule has 0 amide bonds. The molecular weight excluding hydrogens is 179 g/mol. The quantitative estimate of drug-likeness (QED) is 0.630. The molecule has 0 aliphatic rings. The van der Waals surface area contributed by atoms with Gasteiger partial charge >= 0.3 is 0 Å². The van der Waals surface area contributed by atoms with Gasteiger partial charge in [-0.2, -0.15) is 0 Å². The van der Waals surface area contributed by atoms with Crippen molar-refractivity contribution in [1.82, 2.24) is 0 Å². The van der Waals surface area contributed by atoms with Gasteiger partial charge in [-0.05, 0) is 17.6 Å². The van der Waals surface area contributed by atoms with Crippen LogP contribution in [0.3, 0.4) is 0 Å². The molecule has 0 rings (SSSR count). The first kappa shape index (κ1) is 11.0. The van der Waals surface area contributed by atoms with Crippen molar-refractivity contribution in [3.63, 3.8) is 0 Å². The lowest BCUT2D eigenvalue weighted by Crippen LogP contribution is -1.96. The molecule has 0 bridgehead atoms. The van der Waals surface area contributed by atoms with Gasteiger partial charge in [-0.3, -0.25) is 0 Å². The van der Waals surface area contributed by atoms with Crippen LogP contribution in [-0.4, -0.2) is 17.6 Å². The molecule has 1 unspecified atom stereocenters. The summed E-state index contributed by atoms with van der Waals surface area (Å²) < 4.78 is 0. The van der Waals surface area contributed by atoms with Crippen molar-refractivity contribution in [3.05, 3.63) is 0 Å². The summed E-state index contributed by atoms with van der Waals surface area (Å²) in [4.78, 5) is 0. The van der Waals surface area contributed by atoms with Crippen molar-refractivity contribution in [3.8, 4) is 0 Å². The van der Waals surface area contributed by atoms with Crippen LogP contribution < -0.4 is 0 Å². The molecule has 10 heavy (non-hydrogen) atoms. The van der Waals surface area contributed by atoms with Crippen LogP contribution in [0.25, 0.3) is 0 Å². The summed E-state index contributed by atoms with van der Waals surface area (Å²) in [7, 11) is 0. The third-order valence-corrected chi connectivity index (χ3v) is 11.8. The van der Waals surface area contributed by atoms with Gasteiger partial charge in [0.05, 0.1) is 0 Å². The molecule has 3 heteroatoms. The Bertz CT molecular complexity index is 132. The maximum Gasteiger partial charge on any atom is 0.00864 e. The zero-order valence-corrected chi connectivity index (χ0v) is 9.78. The zero-order valence-electron chi connectivity index (χ0n) is 7.26. The van der Waals surface area contributed by atoms with Crippen LogP contribution in [0.2, 0.25) is 0 Å². The van der Waals surface area contributed by atoms with E-state index in [0.717, 1.165) is 5.66 Å². The number of rotatable bonds is 4. The van der Waals surface area contributed by atoms with Crippen LogP contribution >= 0.6 is 16.6 Å². The Kier molecular flexibility index (Phi) is 5.27. The van der Waals surface area contributed by atoms with Crippen LogP contribution in [-0.2, 0) is 11.8 Å². The van der Waals surface area contributed by atoms with E-state index in [-0.39, 0.29) is 0 Å². The first-order chi connectivity index (χ1) is 4.56. The van der Waals surface area contributed by atoms with Crippen LogP contribution in [0.5, 0.6) is 0 Å². The summed E-state index contributed by atoms with van der Waals surface area (Å²) in [5.41, 5.74) is 0.720. The summed E-state index contributed by atoms with van der Waals surface area (Å²) in [5, 5.41) is -1.02. The maximum absolute atomic E-state index is 5.60. The fourth-order valence-electron chi connectivity index (χ4n) is 0.824. The summed E-state index contributed by atoms with van der Waals surface area (Å²) in [6.07, 6.45) is 1.21. The van der Waals surface area contributed by atoms with Crippen molar-refractivity contribution >= 4 is 28.4 Å². The first-order valence-corrected chi connectivity index (χ1v) is 8.44. The van der Waals surface area contributed by atoms with Gasteiger partial charge in [-0.15, -0.1) is 11.4 Å². The summed E-state index contributed by atoms with van der Waals surface area (Å²) in [5.74, 6) is 1.18. The number of hydrogen-bond acceptors (Lipinski definition) is 2. The first-order valence-electron chi connectivity index (χ1n) is 3.80. The predicted octanol–water partition coefficient (Wildman–Crippen LogP) is 3.56. The van der Waals surface area contributed by atoms with E-state index >= 15 is 0 Å². The standard InChI is InChI=1S/C7H17PS2/c1-5-8(9,7(3)4)10-6-2/h7H,5-6H2,1-4H3. The van der Waals surface area contributed by atoms with Gasteiger partial charge in [-0.1, -0.05) is 39.5 Å². The van der Waals surface area contributed by atoms with E-state index in [0.29, 0.717) is 0 Å². The van der Waals surface area contributed by atoms with E-state index in [9.17, 15) is 0 Å². The van der Waals surface area contributed by atoms with Crippen LogP contribution in [0.1, 0.15) is 27.7 Å². The minimum atomic E-state index is -1.02. The highest BCUT2D eigenvalue weighted by atomic mass is 32.9. The average Bonchev–Trinajstić information content (AvgIpc) is 1.88. The highest BCUT2D eigenvalue weighted by Gasteiger charge is 2.17. The second-order valence-corrected chi connectivity index (χ2v) is 11.9. The molecule has 1 atom stereocenters. The topological polar surface area (TPSA) is 0 Å². The second kappa shape index (κ2) is 4.79. The van der Waals surface area contributed by atoms with Gasteiger partial charge in [0.25, 0.3) is 0 Å². The molecule has 0 aromatic heterocycles. The Balaban J connectivity index is 4.10. The fourth-order valence-corrected chi connectivity index (χ4v) is 6.17. The van der Waals surface area contributed by atoms with Crippen molar-refractivity contribution in [2.24, 2.45) is 0 Å². The molecule has 0 fully saturated rings. The van der Waals surface area contributed by atoms with Gasteiger partial charge in [0.15, 0.2) is 0 Å². The maximum atomic E-state index is 5.60. The lowest BCUT2D eigenvalue weighted by atomic mass is 10.6. The highest BCUT2D eigenvalue weighted by Crippen LogP contribution is 2.62. The van der Waals surface area contributed by atoms with Gasteiger partial charge in [-0.25, -0.2) is 0 Å². The summed E-state index contributed by atoms with van der Waals surface area (Å²) in [6, 6.07) is 0. The molecule has 0 aliphatic carbocycles. The van der Waals surface area contributed by atoms with E-state index in [1.54, 1.807) is 0 Å². The molecule has 0 saturated heterocycles. The van der Waals surface area contributed by atoms with Crippen molar-refractivity contribution in [2.45, 2.75) is 33.4 Å². The van der Waals surface area contributed by atoms with E-state index in [1.807, 2.05) is 11.4 Å². The molecule has 0 aromatic rings. The molecule has 0 aromatic carbocycles. The van der Waals surface area contributed by atoms with Crippen LogP contribution in [0.15, 0.2) is 0 Å². The smallest absolute Gasteiger partial charge is 0.00864 e. The third kappa shape index (κ3) is 2.94. The summed E-state index contributed by atoms with van der Waals surface area (Å²) in [6.45, 7) is 8.94. The molecule has 0 heterocycles. The monoisotopic (exact) mass is 196 g/mol. The predicted molar refractivity (Wildman–Crippen MR) is 58.1 cm³/mol. The van der Waals surface area contributed by atoms with Crippen LogP contribution in [0, 0.1) is 0 Å². The number of hydrogen-bond donors (Lipinski definition) is 0. The van der Waals surface area contributed by atoms with Crippen molar-refractivity contribution in [1.29, 1.82) is 0 Å². The normalized spacial score (nSPS) is 17.3. The molecule has 0 nitrogen and oxygen atoms in total. The van der Waals surface area contributed by atoms with Gasteiger partial charge in [0.2, 0.25) is 0 Å². The largest absolute Gasteiger partial charge is 0.124 e. The Labute approximate surface area is 73.9 Å². The zero-order chi connectivity index (χ0) is 8.20. The molecular formula is C7H17PS2. The molecule has 0 spiro atoms. The SMILES string of the molecule is CCSP(=S)(CC)C(C)C. The minimum absolute atomic E-state index is 0.720. The lowest BCUT2D eigenvalue weighted by molar-refractivity contribution is 1.09. The lowest BCUT2D eigenvalue weighted by Gasteiger charge is -2.22. The Hall–Kier alpha value is 1.00. The molecule has 62 valence electrons. The molecule has 0 saturated carbocycles. The van der Waals surface area contributed by atoms with Crippen LogP contribution in [0.4, 0.5) is 0 Å². The highest BCUT2D eigenvalue weighted by molar-refractivity contribution is 8.71. The molecule has 0 radical (unpaired) electrons. The van der Waals surface area contributed by atoms with Crippen molar-refractivity contribution in [2.75, 3.05) is 11.9 Å². The fraction of sp³-hybridized carbons (Fsp3) is 1.00. The van der Waals surface area contributed by atoms with Crippen molar-refractivity contribution < 1.29 is 0 Å². The van der Waals surface area contributed by atoms with E-state index < -0.39 is 5.24 Å². The third-order valence-electron chi connectivity index (χ3n) is 1.58. The van der Waals surface area contributed by atoms with Gasteiger partial charge in [0.1, 0.15) is 0 Å². The van der Waals surface area contributed by atoms with E-state index in [4.69, 9.17) is 11.8 Å². The van der Waals surface area contributed by atoms with Gasteiger partial charge < -0.3 is 0 Å². The van der Waals surface area contributed by atoms with E-state index in [2.05, 4.69) is 27.7 Å². The Morgan fingerprint density at radius 2 is 1.90 bits per heavy atom.